The Balaban J connectivity index is 0. The maximum absolute atomic E-state index is 9.93. The smallest absolute Gasteiger partial charge is 0.107 e. The van der Waals surface area contributed by atoms with E-state index >= 15 is 0 Å². The van der Waals surface area contributed by atoms with Crippen LogP contribution in [0.15, 0.2) is 0 Å². The Morgan fingerprint density at radius 2 is 1.67 bits per heavy atom. The van der Waals surface area contributed by atoms with Crippen molar-refractivity contribution in [1.82, 2.24) is 0 Å². The average molecular weight is 215 g/mol. The van der Waals surface area contributed by atoms with Gasteiger partial charge in [-0.05, 0) is 6.42 Å². The van der Waals surface area contributed by atoms with Gasteiger partial charge in [-0.3, -0.25) is 0 Å². The Morgan fingerprint density at radius 3 is 1.67 bits per heavy atom. The van der Waals surface area contributed by atoms with E-state index in [9.17, 15) is 13.0 Å². The second kappa shape index (κ2) is 6.71. The van der Waals surface area contributed by atoms with Crippen LogP contribution >= 0.6 is 12.6 Å². The summed E-state index contributed by atoms with van der Waals surface area (Å²) in [5, 5.41) is 0. The minimum absolute atomic E-state index is 0.259. The van der Waals surface area contributed by atoms with Crippen LogP contribution in [0.5, 0.6) is 0 Å². The van der Waals surface area contributed by atoms with Crippen molar-refractivity contribution in [3.63, 3.8) is 0 Å². The molecule has 0 aromatic carbocycles. The summed E-state index contributed by atoms with van der Waals surface area (Å²) in [5.74, 6) is 0. The van der Waals surface area contributed by atoms with Gasteiger partial charge in [0.05, 0.1) is 25.7 Å². The lowest BCUT2D eigenvalue weighted by Gasteiger charge is -2.11. The maximum atomic E-state index is 9.93. The number of rotatable bonds is 2. The largest absolute Gasteiger partial charge is 0.747 e. The van der Waals surface area contributed by atoms with E-state index in [1.54, 1.807) is 6.92 Å². The van der Waals surface area contributed by atoms with Gasteiger partial charge in [0.2, 0.25) is 0 Å². The van der Waals surface area contributed by atoms with Crippen molar-refractivity contribution in [3.8, 4) is 0 Å². The van der Waals surface area contributed by atoms with Gasteiger partial charge in [-0.2, -0.15) is 12.6 Å². The SMILES string of the molecule is CCC(S)S(=O)(=O)[O-].C[NH+](C)C. The molecule has 0 bridgehead atoms. The van der Waals surface area contributed by atoms with Crippen molar-refractivity contribution < 1.29 is 17.9 Å². The highest BCUT2D eigenvalue weighted by atomic mass is 32.3. The van der Waals surface area contributed by atoms with Gasteiger partial charge >= 0.3 is 0 Å². The molecule has 0 rings (SSSR count). The summed E-state index contributed by atoms with van der Waals surface area (Å²) in [4.78, 5) is 1.42. The van der Waals surface area contributed by atoms with E-state index in [0.29, 0.717) is 0 Å². The molecule has 76 valence electrons. The fourth-order valence-electron chi connectivity index (χ4n) is 0.204. The molecular weight excluding hydrogens is 198 g/mol. The van der Waals surface area contributed by atoms with Crippen LogP contribution < -0.4 is 4.90 Å². The van der Waals surface area contributed by atoms with Gasteiger partial charge in [-0.25, -0.2) is 8.42 Å². The highest BCUT2D eigenvalue weighted by Crippen LogP contribution is 2.06. The highest BCUT2D eigenvalue weighted by Gasteiger charge is 2.05. The van der Waals surface area contributed by atoms with E-state index in [1.807, 2.05) is 0 Å². The quantitative estimate of drug-likeness (QED) is 0.457. The summed E-state index contributed by atoms with van der Waals surface area (Å²) in [6, 6.07) is 0. The predicted molar refractivity (Wildman–Crippen MR) is 51.5 cm³/mol. The van der Waals surface area contributed by atoms with Crippen molar-refractivity contribution in [2.45, 2.75) is 17.9 Å². The van der Waals surface area contributed by atoms with Gasteiger partial charge in [0.25, 0.3) is 0 Å². The number of thiol groups is 1. The van der Waals surface area contributed by atoms with E-state index in [1.165, 1.54) is 4.90 Å². The average Bonchev–Trinajstić information content (AvgIpc) is 1.82. The molecule has 6 heteroatoms. The third kappa shape index (κ3) is 12.9. The monoisotopic (exact) mass is 215 g/mol. The normalized spacial score (nSPS) is 13.6. The fraction of sp³-hybridized carbons (Fsp3) is 1.00. The van der Waals surface area contributed by atoms with Gasteiger partial charge in [0.1, 0.15) is 10.1 Å². The molecule has 0 heterocycles. The molecule has 0 aliphatic heterocycles. The third-order valence-corrected chi connectivity index (χ3v) is 2.82. The number of hydrogen-bond donors (Lipinski definition) is 2. The fourth-order valence-corrected chi connectivity index (χ4v) is 0.612. The van der Waals surface area contributed by atoms with Crippen molar-refractivity contribution in [2.24, 2.45) is 0 Å². The van der Waals surface area contributed by atoms with Crippen molar-refractivity contribution in [2.75, 3.05) is 21.1 Å². The van der Waals surface area contributed by atoms with Crippen LogP contribution in [0.25, 0.3) is 0 Å². The summed E-state index contributed by atoms with van der Waals surface area (Å²) < 4.78 is 28.8. The molecule has 0 amide bonds. The van der Waals surface area contributed by atoms with E-state index in [0.717, 1.165) is 0 Å². The van der Waals surface area contributed by atoms with Crippen LogP contribution in [0.2, 0.25) is 0 Å². The van der Waals surface area contributed by atoms with Crippen LogP contribution in [0.4, 0.5) is 0 Å². The van der Waals surface area contributed by atoms with Gasteiger partial charge in [0.15, 0.2) is 0 Å². The van der Waals surface area contributed by atoms with Crippen LogP contribution in [-0.4, -0.2) is 38.7 Å². The Labute approximate surface area is 80.1 Å². The van der Waals surface area contributed by atoms with Gasteiger partial charge in [0, 0.05) is 0 Å². The molecule has 4 nitrogen and oxygen atoms in total. The highest BCUT2D eigenvalue weighted by molar-refractivity contribution is 8.01. The summed E-state index contributed by atoms with van der Waals surface area (Å²) >= 11 is 3.51. The number of quaternary nitrogens is 1. The summed E-state index contributed by atoms with van der Waals surface area (Å²) in [5.41, 5.74) is 0. The first kappa shape index (κ1) is 14.7. The van der Waals surface area contributed by atoms with E-state index < -0.39 is 14.7 Å². The van der Waals surface area contributed by atoms with Gasteiger partial charge in [-0.1, -0.05) is 6.92 Å². The van der Waals surface area contributed by atoms with Crippen molar-refractivity contribution in [3.05, 3.63) is 0 Å². The molecule has 0 aliphatic carbocycles. The maximum Gasteiger partial charge on any atom is 0.107 e. The second-order valence-electron chi connectivity index (χ2n) is 2.86. The zero-order chi connectivity index (χ0) is 10.4. The summed E-state index contributed by atoms with van der Waals surface area (Å²) in [7, 11) is 2.11. The molecule has 1 atom stereocenters. The minimum atomic E-state index is -4.14. The Morgan fingerprint density at radius 1 is 1.42 bits per heavy atom. The molecule has 0 saturated carbocycles. The molecule has 0 radical (unpaired) electrons. The predicted octanol–water partition coefficient (Wildman–Crippen LogP) is -1.04. The topological polar surface area (TPSA) is 61.6 Å². The molecule has 0 spiro atoms. The standard InChI is InChI=1S/C3H9N.C3H8O3S2/c1-4(2)3;1-2-3(7)8(4,5)6/h1-3H3;3,7H,2H2,1H3,(H,4,5,6). The first-order valence-electron chi connectivity index (χ1n) is 3.61. The zero-order valence-corrected chi connectivity index (χ0v) is 9.58. The molecule has 0 fully saturated rings. The lowest BCUT2D eigenvalue weighted by molar-refractivity contribution is -0.836. The summed E-state index contributed by atoms with van der Waals surface area (Å²) in [6.07, 6.45) is 0.259. The number of hydrogen-bond acceptors (Lipinski definition) is 4. The Kier molecular flexibility index (Phi) is 8.23. The van der Waals surface area contributed by atoms with E-state index in [4.69, 9.17) is 0 Å². The molecule has 0 aromatic rings. The van der Waals surface area contributed by atoms with Crippen LogP contribution in [0.3, 0.4) is 0 Å². The first-order valence-corrected chi connectivity index (χ1v) is 5.60. The van der Waals surface area contributed by atoms with Gasteiger partial charge < -0.3 is 9.45 Å². The number of nitrogens with one attached hydrogen (secondary N) is 1. The minimum Gasteiger partial charge on any atom is -0.747 e. The Hall–Kier alpha value is 0.220. The molecule has 1 N–H and O–H groups in total. The van der Waals surface area contributed by atoms with Crippen molar-refractivity contribution in [1.29, 1.82) is 0 Å². The lowest BCUT2D eigenvalue weighted by atomic mass is 10.6. The Bertz CT molecular complexity index is 186. The van der Waals surface area contributed by atoms with Crippen LogP contribution in [-0.2, 0) is 10.1 Å². The molecule has 0 aromatic heterocycles. The van der Waals surface area contributed by atoms with Gasteiger partial charge in [-0.15, -0.1) is 0 Å². The molecule has 0 aliphatic rings. The summed E-state index contributed by atoms with van der Waals surface area (Å²) in [6.45, 7) is 1.59. The van der Waals surface area contributed by atoms with E-state index in [2.05, 4.69) is 33.8 Å². The third-order valence-electron chi connectivity index (χ3n) is 0.682. The lowest BCUT2D eigenvalue weighted by Crippen LogP contribution is -3.02. The molecule has 0 saturated heterocycles. The molecule has 1 unspecified atom stereocenters. The van der Waals surface area contributed by atoms with Crippen LogP contribution in [0, 0.1) is 0 Å². The first-order chi connectivity index (χ1) is 5.21. The van der Waals surface area contributed by atoms with Crippen molar-refractivity contribution >= 4 is 22.7 Å². The zero-order valence-electron chi connectivity index (χ0n) is 7.86. The van der Waals surface area contributed by atoms with E-state index in [-0.39, 0.29) is 6.42 Å². The molecular formula is C6H17NO3S2. The second-order valence-corrected chi connectivity index (χ2v) is 5.38. The van der Waals surface area contributed by atoms with Crippen LogP contribution in [0.1, 0.15) is 13.3 Å². The molecule has 12 heavy (non-hydrogen) atoms.